The van der Waals surface area contributed by atoms with Crippen LogP contribution in [0.5, 0.6) is 0 Å². The molecule has 85 heavy (non-hydrogen) atoms. The number of furan rings is 1. The van der Waals surface area contributed by atoms with Gasteiger partial charge in [0.15, 0.2) is 5.58 Å². The summed E-state index contributed by atoms with van der Waals surface area (Å²) < 4.78 is 16.4. The fourth-order valence-corrected chi connectivity index (χ4v) is 14.4. The van der Waals surface area contributed by atoms with Gasteiger partial charge < -0.3 is 22.7 Å². The van der Waals surface area contributed by atoms with Crippen LogP contribution in [0, 0.1) is 22.7 Å². The van der Waals surface area contributed by atoms with E-state index >= 15 is 0 Å². The fourth-order valence-electron chi connectivity index (χ4n) is 14.4. The Hall–Kier alpha value is -11.9. The standard InChI is InChI=1S/C78H44N6O/c79-45-63-73(81-65-33-12-5-25-53(65)54-26-6-13-34-66(54)81)64(46-80)75(83-69-37-16-9-29-57(69)58-30-10-17-38-70(58)83)77(74(63)82-67-35-14-7-27-55(67)56-28-8-15-36-68(56)82)84-71-44-48(50-23-3-4-24-51(50)52-32-19-21-47-20-1-2-22-49(47)52)40-41-59(71)61-42-43-62-60-31-11-18-39-72(60)85-78(62)76(61)84/h1-44H. The molecule has 7 nitrogen and oxygen atoms in total. The van der Waals surface area contributed by atoms with Gasteiger partial charge >= 0.3 is 0 Å². The van der Waals surface area contributed by atoms with Gasteiger partial charge in [-0.1, -0.05) is 212 Å². The van der Waals surface area contributed by atoms with E-state index in [4.69, 9.17) is 4.42 Å². The highest BCUT2D eigenvalue weighted by atomic mass is 16.3. The maximum atomic E-state index is 12.8. The third-order valence-corrected chi connectivity index (χ3v) is 17.8. The Morgan fingerprint density at radius 2 is 0.659 bits per heavy atom. The molecule has 0 saturated heterocycles. The van der Waals surface area contributed by atoms with Crippen molar-refractivity contribution < 1.29 is 4.42 Å². The number of nitrogens with zero attached hydrogens (tertiary/aromatic N) is 6. The number of hydrogen-bond donors (Lipinski definition) is 0. The fraction of sp³-hybridized carbons (Fsp3) is 0. The van der Waals surface area contributed by atoms with E-state index in [9.17, 15) is 10.5 Å². The Morgan fingerprint density at radius 1 is 0.271 bits per heavy atom. The number of hydrogen-bond acceptors (Lipinski definition) is 3. The molecule has 0 N–H and O–H groups in total. The minimum Gasteiger partial charge on any atom is -0.454 e. The molecule has 13 aromatic carbocycles. The van der Waals surface area contributed by atoms with Crippen molar-refractivity contribution in [1.29, 1.82) is 10.5 Å². The molecular formula is C78H44N6O. The van der Waals surface area contributed by atoms with Crippen LogP contribution >= 0.6 is 0 Å². The minimum absolute atomic E-state index is 0.332. The van der Waals surface area contributed by atoms with E-state index in [0.717, 1.165) is 126 Å². The van der Waals surface area contributed by atoms with Crippen molar-refractivity contribution in [2.75, 3.05) is 0 Å². The van der Waals surface area contributed by atoms with Crippen molar-refractivity contribution in [3.05, 3.63) is 278 Å². The van der Waals surface area contributed by atoms with Crippen LogP contribution in [-0.4, -0.2) is 18.3 Å². The summed E-state index contributed by atoms with van der Waals surface area (Å²) in [6, 6.07) is 99.7. The van der Waals surface area contributed by atoms with Gasteiger partial charge in [-0.2, -0.15) is 10.5 Å². The largest absolute Gasteiger partial charge is 0.454 e. The molecule has 5 heterocycles. The van der Waals surface area contributed by atoms with Crippen LogP contribution in [0.2, 0.25) is 0 Å². The van der Waals surface area contributed by atoms with Crippen LogP contribution in [0.15, 0.2) is 271 Å². The number of benzene rings is 13. The Bertz CT molecular complexity index is 5710. The summed E-state index contributed by atoms with van der Waals surface area (Å²) in [7, 11) is 0. The number of nitriles is 2. The summed E-state index contributed by atoms with van der Waals surface area (Å²) in [5.41, 5.74) is 15.8. The van der Waals surface area contributed by atoms with Crippen molar-refractivity contribution in [1.82, 2.24) is 18.3 Å². The maximum absolute atomic E-state index is 12.8. The lowest BCUT2D eigenvalue weighted by molar-refractivity contribution is 0.671. The van der Waals surface area contributed by atoms with Gasteiger partial charge in [-0.15, -0.1) is 0 Å². The van der Waals surface area contributed by atoms with Gasteiger partial charge in [0, 0.05) is 53.9 Å². The average molecular weight is 1080 g/mol. The molecule has 0 bridgehead atoms. The van der Waals surface area contributed by atoms with Gasteiger partial charge in [0.1, 0.15) is 28.8 Å². The van der Waals surface area contributed by atoms with E-state index in [2.05, 4.69) is 273 Å². The molecule has 7 heteroatoms. The summed E-state index contributed by atoms with van der Waals surface area (Å²) in [6.45, 7) is 0. The van der Waals surface area contributed by atoms with Crippen molar-refractivity contribution in [2.24, 2.45) is 0 Å². The van der Waals surface area contributed by atoms with Gasteiger partial charge in [0.05, 0.1) is 66.9 Å². The second kappa shape index (κ2) is 17.8. The summed E-state index contributed by atoms with van der Waals surface area (Å²) >= 11 is 0. The first-order chi connectivity index (χ1) is 42.2. The molecule has 5 aromatic heterocycles. The number of fused-ring (bicyclic) bond motifs is 17. The zero-order valence-electron chi connectivity index (χ0n) is 45.5. The summed E-state index contributed by atoms with van der Waals surface area (Å²) in [5.74, 6) is 0. The number of para-hydroxylation sites is 7. The third kappa shape index (κ3) is 6.41. The van der Waals surface area contributed by atoms with Gasteiger partial charge in [0.2, 0.25) is 0 Å². The average Bonchev–Trinajstić information content (AvgIpc) is 1.80. The zero-order valence-corrected chi connectivity index (χ0v) is 45.5. The zero-order chi connectivity index (χ0) is 56.0. The highest BCUT2D eigenvalue weighted by Gasteiger charge is 2.35. The molecule has 0 aliphatic carbocycles. The number of rotatable bonds is 6. The SMILES string of the molecule is N#Cc1c(-n2c3ccccc3c3ccccc32)c(C#N)c(-n2c3ccccc3c3ccccc32)c(-n2c3cc(-c4ccccc4-c4cccc5ccccc45)ccc3c3ccc4c5ccccc5oc4c32)c1-n1c2ccccc2c2ccccc21. The van der Waals surface area contributed by atoms with Crippen LogP contribution < -0.4 is 0 Å². The van der Waals surface area contributed by atoms with Gasteiger partial charge in [-0.25, -0.2) is 0 Å². The van der Waals surface area contributed by atoms with Gasteiger partial charge in [-0.05, 0) is 87.6 Å². The molecule has 18 aromatic rings. The van der Waals surface area contributed by atoms with Crippen molar-refractivity contribution in [3.8, 4) is 57.1 Å². The van der Waals surface area contributed by atoms with Crippen LogP contribution in [0.1, 0.15) is 11.1 Å². The first-order valence-electron chi connectivity index (χ1n) is 28.6. The Morgan fingerprint density at radius 3 is 1.19 bits per heavy atom. The summed E-state index contributed by atoms with van der Waals surface area (Å²) in [4.78, 5) is 0. The first kappa shape index (κ1) is 46.8. The topological polar surface area (TPSA) is 80.4 Å². The van der Waals surface area contributed by atoms with Gasteiger partial charge in [-0.3, -0.25) is 0 Å². The van der Waals surface area contributed by atoms with E-state index in [-0.39, 0.29) is 0 Å². The molecule has 18 rings (SSSR count). The molecule has 0 spiro atoms. The third-order valence-electron chi connectivity index (χ3n) is 17.8. The van der Waals surface area contributed by atoms with E-state index in [0.29, 0.717) is 39.5 Å². The highest BCUT2D eigenvalue weighted by Crippen LogP contribution is 2.51. The molecule has 0 fully saturated rings. The Labute approximate surface area is 485 Å². The molecular weight excluding hydrogens is 1040 g/mol. The van der Waals surface area contributed by atoms with Crippen LogP contribution in [0.4, 0.5) is 0 Å². The van der Waals surface area contributed by atoms with Crippen molar-refractivity contribution >= 4 is 120 Å². The first-order valence-corrected chi connectivity index (χ1v) is 28.6. The quantitative estimate of drug-likeness (QED) is 0.166. The summed E-state index contributed by atoms with van der Waals surface area (Å²) in [5, 5.41) is 37.9. The van der Waals surface area contributed by atoms with E-state index in [1.54, 1.807) is 0 Å². The predicted octanol–water partition coefficient (Wildman–Crippen LogP) is 20.2. The monoisotopic (exact) mass is 1080 g/mol. The Balaban J connectivity index is 1.13. The molecule has 0 saturated carbocycles. The molecule has 0 unspecified atom stereocenters. The second-order valence-corrected chi connectivity index (χ2v) is 22.1. The van der Waals surface area contributed by atoms with Crippen LogP contribution in [-0.2, 0) is 0 Å². The van der Waals surface area contributed by atoms with E-state index in [1.807, 2.05) is 24.3 Å². The summed E-state index contributed by atoms with van der Waals surface area (Å²) in [6.07, 6.45) is 0. The van der Waals surface area contributed by atoms with Crippen molar-refractivity contribution in [2.45, 2.75) is 0 Å². The van der Waals surface area contributed by atoms with Crippen LogP contribution in [0.25, 0.3) is 165 Å². The lowest BCUT2D eigenvalue weighted by Crippen LogP contribution is -2.17. The molecule has 0 radical (unpaired) electrons. The molecule has 392 valence electrons. The molecule has 0 aliphatic heterocycles. The number of aromatic nitrogens is 4. The lowest BCUT2D eigenvalue weighted by atomic mass is 9.91. The predicted molar refractivity (Wildman–Crippen MR) is 349 cm³/mol. The maximum Gasteiger partial charge on any atom is 0.160 e. The molecule has 0 atom stereocenters. The van der Waals surface area contributed by atoms with E-state index < -0.39 is 0 Å². The normalized spacial score (nSPS) is 12.0. The molecule has 0 aliphatic rings. The minimum atomic E-state index is 0.332. The Kier molecular flexibility index (Phi) is 9.80. The van der Waals surface area contributed by atoms with Crippen molar-refractivity contribution in [3.63, 3.8) is 0 Å². The second-order valence-electron chi connectivity index (χ2n) is 22.1. The smallest absolute Gasteiger partial charge is 0.160 e. The van der Waals surface area contributed by atoms with Gasteiger partial charge in [0.25, 0.3) is 0 Å². The highest BCUT2D eigenvalue weighted by molar-refractivity contribution is 6.23. The van der Waals surface area contributed by atoms with Crippen LogP contribution in [0.3, 0.4) is 0 Å². The molecule has 0 amide bonds. The lowest BCUT2D eigenvalue weighted by Gasteiger charge is -2.27. The van der Waals surface area contributed by atoms with E-state index in [1.165, 1.54) is 10.8 Å².